The van der Waals surface area contributed by atoms with Gasteiger partial charge in [0.2, 0.25) is 0 Å². The fraction of sp³-hybridized carbons (Fsp3) is 0.556. The SMILES string of the molecule is CCN(C/C=C/c1ccccc1)C1CC2CCC(C1)N2. The number of piperidine rings is 1. The van der Waals surface area contributed by atoms with Crippen molar-refractivity contribution in [1.29, 1.82) is 0 Å². The van der Waals surface area contributed by atoms with Crippen LogP contribution < -0.4 is 5.32 Å². The molecule has 2 unspecified atom stereocenters. The second-order valence-electron chi connectivity index (χ2n) is 6.16. The van der Waals surface area contributed by atoms with E-state index in [9.17, 15) is 0 Å². The molecule has 2 nitrogen and oxygen atoms in total. The number of nitrogens with one attached hydrogen (secondary N) is 1. The largest absolute Gasteiger partial charge is 0.311 e. The Labute approximate surface area is 122 Å². The van der Waals surface area contributed by atoms with Crippen LogP contribution in [0.5, 0.6) is 0 Å². The first-order valence-corrected chi connectivity index (χ1v) is 8.07. The Kier molecular flexibility index (Phi) is 4.54. The summed E-state index contributed by atoms with van der Waals surface area (Å²) in [5.41, 5.74) is 1.30. The lowest BCUT2D eigenvalue weighted by atomic mass is 9.98. The summed E-state index contributed by atoms with van der Waals surface area (Å²) in [6, 6.07) is 12.9. The molecule has 0 spiro atoms. The molecule has 0 aliphatic carbocycles. The van der Waals surface area contributed by atoms with Gasteiger partial charge in [0.1, 0.15) is 0 Å². The van der Waals surface area contributed by atoms with Gasteiger partial charge in [-0.2, -0.15) is 0 Å². The van der Waals surface area contributed by atoms with Crippen molar-refractivity contribution < 1.29 is 0 Å². The third-order valence-electron chi connectivity index (χ3n) is 4.82. The summed E-state index contributed by atoms with van der Waals surface area (Å²) in [6.07, 6.45) is 10.0. The van der Waals surface area contributed by atoms with Gasteiger partial charge in [-0.1, -0.05) is 49.4 Å². The van der Waals surface area contributed by atoms with E-state index >= 15 is 0 Å². The zero-order valence-corrected chi connectivity index (χ0v) is 12.5. The second kappa shape index (κ2) is 6.55. The van der Waals surface area contributed by atoms with Crippen molar-refractivity contribution in [3.05, 3.63) is 42.0 Å². The number of hydrogen-bond acceptors (Lipinski definition) is 2. The van der Waals surface area contributed by atoms with Gasteiger partial charge >= 0.3 is 0 Å². The Morgan fingerprint density at radius 3 is 2.50 bits per heavy atom. The second-order valence-corrected chi connectivity index (χ2v) is 6.16. The molecule has 0 saturated carbocycles. The summed E-state index contributed by atoms with van der Waals surface area (Å²) in [6.45, 7) is 4.53. The molecule has 0 amide bonds. The van der Waals surface area contributed by atoms with Crippen LogP contribution >= 0.6 is 0 Å². The van der Waals surface area contributed by atoms with Crippen LogP contribution in [0, 0.1) is 0 Å². The Hall–Kier alpha value is -1.12. The van der Waals surface area contributed by atoms with E-state index in [1.54, 1.807) is 0 Å². The summed E-state index contributed by atoms with van der Waals surface area (Å²) in [4.78, 5) is 2.64. The van der Waals surface area contributed by atoms with Gasteiger partial charge in [-0.05, 0) is 37.8 Å². The predicted octanol–water partition coefficient (Wildman–Crippen LogP) is 3.30. The van der Waals surface area contributed by atoms with Crippen molar-refractivity contribution in [3.63, 3.8) is 0 Å². The van der Waals surface area contributed by atoms with Crippen LogP contribution in [-0.2, 0) is 0 Å². The lowest BCUT2D eigenvalue weighted by Gasteiger charge is -2.36. The van der Waals surface area contributed by atoms with E-state index in [0.717, 1.165) is 31.2 Å². The van der Waals surface area contributed by atoms with Crippen LogP contribution in [0.2, 0.25) is 0 Å². The molecule has 2 bridgehead atoms. The van der Waals surface area contributed by atoms with Crippen LogP contribution in [-0.4, -0.2) is 36.1 Å². The summed E-state index contributed by atoms with van der Waals surface area (Å²) in [5, 5.41) is 3.74. The molecule has 1 N–H and O–H groups in total. The molecule has 2 atom stereocenters. The molecule has 3 rings (SSSR count). The topological polar surface area (TPSA) is 15.3 Å². The smallest absolute Gasteiger partial charge is 0.0169 e. The molecule has 0 radical (unpaired) electrons. The van der Waals surface area contributed by atoms with Crippen molar-refractivity contribution >= 4 is 6.08 Å². The minimum Gasteiger partial charge on any atom is -0.311 e. The zero-order chi connectivity index (χ0) is 13.8. The van der Waals surface area contributed by atoms with Gasteiger partial charge < -0.3 is 5.32 Å². The molecule has 1 aromatic carbocycles. The standard InChI is InChI=1S/C18H26N2/c1-2-20(12-6-9-15-7-4-3-5-8-15)18-13-16-10-11-17(14-18)19-16/h3-9,16-19H,2,10-14H2,1H3/b9-6+. The van der Waals surface area contributed by atoms with Crippen LogP contribution in [0.15, 0.2) is 36.4 Å². The van der Waals surface area contributed by atoms with E-state index in [4.69, 9.17) is 0 Å². The normalized spacial score (nSPS) is 29.4. The molecule has 2 saturated heterocycles. The highest BCUT2D eigenvalue weighted by Crippen LogP contribution is 2.29. The quantitative estimate of drug-likeness (QED) is 0.883. The summed E-state index contributed by atoms with van der Waals surface area (Å²) < 4.78 is 0. The Bertz CT molecular complexity index is 428. The van der Waals surface area contributed by atoms with Gasteiger partial charge in [-0.25, -0.2) is 0 Å². The van der Waals surface area contributed by atoms with Crippen molar-refractivity contribution in [2.75, 3.05) is 13.1 Å². The Balaban J connectivity index is 1.56. The average Bonchev–Trinajstić information content (AvgIpc) is 2.83. The third-order valence-corrected chi connectivity index (χ3v) is 4.82. The number of rotatable bonds is 5. The Morgan fingerprint density at radius 1 is 1.15 bits per heavy atom. The lowest BCUT2D eigenvalue weighted by molar-refractivity contribution is 0.163. The van der Waals surface area contributed by atoms with E-state index in [-0.39, 0.29) is 0 Å². The first kappa shape index (κ1) is 13.8. The predicted molar refractivity (Wildman–Crippen MR) is 85.7 cm³/mol. The minimum absolute atomic E-state index is 0.777. The maximum Gasteiger partial charge on any atom is 0.0169 e. The summed E-state index contributed by atoms with van der Waals surface area (Å²) in [7, 11) is 0. The maximum atomic E-state index is 3.74. The summed E-state index contributed by atoms with van der Waals surface area (Å²) in [5.74, 6) is 0. The number of nitrogens with zero attached hydrogens (tertiary/aromatic N) is 1. The molecular formula is C18H26N2. The lowest BCUT2D eigenvalue weighted by Crippen LogP contribution is -2.48. The highest BCUT2D eigenvalue weighted by atomic mass is 15.2. The van der Waals surface area contributed by atoms with Crippen molar-refractivity contribution in [2.24, 2.45) is 0 Å². The molecule has 1 aromatic rings. The van der Waals surface area contributed by atoms with Gasteiger partial charge in [-0.15, -0.1) is 0 Å². The molecule has 2 heterocycles. The number of benzene rings is 1. The highest BCUT2D eigenvalue weighted by Gasteiger charge is 2.35. The molecule has 2 aliphatic heterocycles. The van der Waals surface area contributed by atoms with E-state index in [0.29, 0.717) is 0 Å². The molecule has 2 heteroatoms. The van der Waals surface area contributed by atoms with Crippen molar-refractivity contribution in [2.45, 2.75) is 50.7 Å². The van der Waals surface area contributed by atoms with Gasteiger partial charge in [-0.3, -0.25) is 4.90 Å². The first-order chi connectivity index (χ1) is 9.85. The zero-order valence-electron chi connectivity index (χ0n) is 12.5. The van der Waals surface area contributed by atoms with Crippen LogP contribution in [0.3, 0.4) is 0 Å². The van der Waals surface area contributed by atoms with Gasteiger partial charge in [0.05, 0.1) is 0 Å². The highest BCUT2D eigenvalue weighted by molar-refractivity contribution is 5.48. The van der Waals surface area contributed by atoms with E-state index in [1.807, 2.05) is 0 Å². The van der Waals surface area contributed by atoms with Crippen LogP contribution in [0.25, 0.3) is 6.08 Å². The van der Waals surface area contributed by atoms with Crippen molar-refractivity contribution in [3.8, 4) is 0 Å². The molecule has 2 fully saturated rings. The van der Waals surface area contributed by atoms with Crippen LogP contribution in [0.1, 0.15) is 38.2 Å². The average molecular weight is 270 g/mol. The van der Waals surface area contributed by atoms with Gasteiger partial charge in [0.15, 0.2) is 0 Å². The first-order valence-electron chi connectivity index (χ1n) is 8.07. The molecular weight excluding hydrogens is 244 g/mol. The summed E-state index contributed by atoms with van der Waals surface area (Å²) >= 11 is 0. The van der Waals surface area contributed by atoms with Crippen molar-refractivity contribution in [1.82, 2.24) is 10.2 Å². The van der Waals surface area contributed by atoms with Gasteiger partial charge in [0.25, 0.3) is 0 Å². The number of fused-ring (bicyclic) bond motifs is 2. The fourth-order valence-electron chi connectivity index (χ4n) is 3.75. The molecule has 20 heavy (non-hydrogen) atoms. The van der Waals surface area contributed by atoms with Gasteiger partial charge in [0, 0.05) is 24.7 Å². The fourth-order valence-corrected chi connectivity index (χ4v) is 3.75. The molecule has 0 aromatic heterocycles. The number of likely N-dealkylation sites (N-methyl/N-ethyl adjacent to an activating group) is 1. The monoisotopic (exact) mass is 270 g/mol. The van der Waals surface area contributed by atoms with Crippen LogP contribution in [0.4, 0.5) is 0 Å². The molecule has 108 valence electrons. The maximum absolute atomic E-state index is 3.74. The van der Waals surface area contributed by atoms with E-state index < -0.39 is 0 Å². The third kappa shape index (κ3) is 3.31. The van der Waals surface area contributed by atoms with E-state index in [2.05, 4.69) is 59.6 Å². The molecule has 2 aliphatic rings. The van der Waals surface area contributed by atoms with E-state index in [1.165, 1.54) is 31.2 Å². The Morgan fingerprint density at radius 2 is 1.85 bits per heavy atom. The number of hydrogen-bond donors (Lipinski definition) is 1. The minimum atomic E-state index is 0.777.